The van der Waals surface area contributed by atoms with Gasteiger partial charge in [-0.2, -0.15) is 0 Å². The summed E-state index contributed by atoms with van der Waals surface area (Å²) in [5.74, 6) is 0.151. The Morgan fingerprint density at radius 3 is 2.39 bits per heavy atom. The van der Waals surface area contributed by atoms with Gasteiger partial charge in [-0.15, -0.1) is 0 Å². The predicted octanol–water partition coefficient (Wildman–Crippen LogP) is 3.90. The molecule has 0 atom stereocenters. The van der Waals surface area contributed by atoms with E-state index < -0.39 is 5.97 Å². The number of nitrogens with one attached hydrogen (secondary N) is 1. The molecule has 0 fully saturated rings. The number of amides is 1. The third-order valence-corrected chi connectivity index (χ3v) is 3.28. The summed E-state index contributed by atoms with van der Waals surface area (Å²) in [6, 6.07) is 13.0. The summed E-state index contributed by atoms with van der Waals surface area (Å²) in [5, 5.41) is 11.2. The molecule has 0 unspecified atom stereocenters. The minimum atomic E-state index is -0.988. The second kappa shape index (κ2) is 7.45. The number of ether oxygens (including phenoxy) is 1. The maximum Gasteiger partial charge on any atom is 0.303 e. The third kappa shape index (κ3) is 5.14. The molecule has 0 aliphatic heterocycles. The van der Waals surface area contributed by atoms with Crippen LogP contribution in [0.15, 0.2) is 42.5 Å². The molecule has 0 radical (unpaired) electrons. The molecule has 0 aromatic heterocycles. The highest BCUT2D eigenvalue weighted by molar-refractivity contribution is 5.92. The summed E-state index contributed by atoms with van der Waals surface area (Å²) >= 11 is 0. The van der Waals surface area contributed by atoms with Crippen molar-refractivity contribution in [3.05, 3.63) is 53.6 Å². The largest absolute Gasteiger partial charge is 0.481 e. The van der Waals surface area contributed by atoms with Crippen LogP contribution >= 0.6 is 0 Å². The van der Waals surface area contributed by atoms with E-state index in [1.54, 1.807) is 24.3 Å². The average Bonchev–Trinajstić information content (AvgIpc) is 2.51. The number of benzene rings is 2. The van der Waals surface area contributed by atoms with Crippen LogP contribution in [-0.4, -0.2) is 17.0 Å². The first-order valence-corrected chi connectivity index (χ1v) is 7.31. The zero-order valence-corrected chi connectivity index (χ0v) is 13.1. The topological polar surface area (TPSA) is 75.6 Å². The van der Waals surface area contributed by atoms with Crippen molar-refractivity contribution in [2.45, 2.75) is 26.7 Å². The van der Waals surface area contributed by atoms with Gasteiger partial charge in [0.15, 0.2) is 0 Å². The first-order chi connectivity index (χ1) is 10.9. The molecule has 0 saturated carbocycles. The zero-order chi connectivity index (χ0) is 16.8. The third-order valence-electron chi connectivity index (χ3n) is 3.28. The molecule has 0 saturated heterocycles. The minimum absolute atomic E-state index is 0.0456. The van der Waals surface area contributed by atoms with Crippen molar-refractivity contribution in [3.8, 4) is 11.5 Å². The fraction of sp³-hybridized carbons (Fsp3) is 0.222. The molecule has 2 N–H and O–H groups in total. The fourth-order valence-electron chi connectivity index (χ4n) is 1.99. The lowest BCUT2D eigenvalue weighted by Crippen LogP contribution is -2.13. The zero-order valence-electron chi connectivity index (χ0n) is 13.1. The average molecular weight is 313 g/mol. The van der Waals surface area contributed by atoms with Crippen LogP contribution < -0.4 is 10.1 Å². The van der Waals surface area contributed by atoms with Crippen molar-refractivity contribution in [1.82, 2.24) is 0 Å². The van der Waals surface area contributed by atoms with E-state index in [0.29, 0.717) is 11.4 Å². The lowest BCUT2D eigenvalue weighted by Gasteiger charge is -2.10. The van der Waals surface area contributed by atoms with E-state index in [-0.39, 0.29) is 18.7 Å². The van der Waals surface area contributed by atoms with Crippen LogP contribution in [0.3, 0.4) is 0 Å². The lowest BCUT2D eigenvalue weighted by molar-refractivity contribution is -0.138. The van der Waals surface area contributed by atoms with Gasteiger partial charge >= 0.3 is 5.97 Å². The molecular weight excluding hydrogens is 294 g/mol. The van der Waals surface area contributed by atoms with E-state index >= 15 is 0 Å². The van der Waals surface area contributed by atoms with E-state index in [1.165, 1.54) is 0 Å². The minimum Gasteiger partial charge on any atom is -0.481 e. The molecule has 1 amide bonds. The molecule has 0 spiro atoms. The maximum atomic E-state index is 11.6. The predicted molar refractivity (Wildman–Crippen MR) is 87.9 cm³/mol. The van der Waals surface area contributed by atoms with Crippen molar-refractivity contribution in [3.63, 3.8) is 0 Å². The number of rotatable bonds is 6. The molecule has 0 heterocycles. The van der Waals surface area contributed by atoms with E-state index in [2.05, 4.69) is 5.32 Å². The van der Waals surface area contributed by atoms with Gasteiger partial charge in [0, 0.05) is 12.1 Å². The molecule has 0 bridgehead atoms. The van der Waals surface area contributed by atoms with Crippen LogP contribution in [-0.2, 0) is 9.59 Å². The molecule has 5 heteroatoms. The summed E-state index contributed by atoms with van der Waals surface area (Å²) in [6.45, 7) is 3.98. The van der Waals surface area contributed by atoms with E-state index in [9.17, 15) is 9.59 Å². The summed E-state index contributed by atoms with van der Waals surface area (Å²) in [4.78, 5) is 22.0. The fourth-order valence-corrected chi connectivity index (χ4v) is 1.99. The molecule has 0 aliphatic rings. The Morgan fingerprint density at radius 1 is 1.04 bits per heavy atom. The maximum absolute atomic E-state index is 11.6. The van der Waals surface area contributed by atoms with Gasteiger partial charge in [-0.25, -0.2) is 0 Å². The number of carboxylic acid groups (broad SMARTS) is 1. The van der Waals surface area contributed by atoms with Crippen molar-refractivity contribution in [1.29, 1.82) is 0 Å². The smallest absolute Gasteiger partial charge is 0.303 e. The first-order valence-electron chi connectivity index (χ1n) is 7.31. The lowest BCUT2D eigenvalue weighted by atomic mass is 10.1. The SMILES string of the molecule is Cc1ccc(C)c(Oc2ccc(NC(=O)CCC(=O)O)cc2)c1. The standard InChI is InChI=1S/C18H19NO4/c1-12-3-4-13(2)16(11-12)23-15-7-5-14(6-8-15)19-17(20)9-10-18(21)22/h3-8,11H,9-10H2,1-2H3,(H,19,20)(H,21,22). The number of carbonyl (C=O) groups excluding carboxylic acids is 1. The number of carbonyl (C=O) groups is 2. The number of carboxylic acids is 1. The van der Waals surface area contributed by atoms with Crippen LogP contribution in [0.25, 0.3) is 0 Å². The molecular formula is C18H19NO4. The second-order valence-corrected chi connectivity index (χ2v) is 5.34. The number of hydrogen-bond donors (Lipinski definition) is 2. The first kappa shape index (κ1) is 16.5. The quantitative estimate of drug-likeness (QED) is 0.848. The Kier molecular flexibility index (Phi) is 5.36. The number of aryl methyl sites for hydroxylation is 2. The van der Waals surface area contributed by atoms with Gasteiger partial charge in [0.05, 0.1) is 6.42 Å². The normalized spacial score (nSPS) is 10.2. The Balaban J connectivity index is 1.98. The summed E-state index contributed by atoms with van der Waals surface area (Å²) in [5.41, 5.74) is 2.77. The molecule has 2 rings (SSSR count). The van der Waals surface area contributed by atoms with Gasteiger partial charge in [0.1, 0.15) is 11.5 Å². The van der Waals surface area contributed by atoms with Crippen molar-refractivity contribution in [2.75, 3.05) is 5.32 Å². The van der Waals surface area contributed by atoms with Gasteiger partial charge in [-0.05, 0) is 55.3 Å². The van der Waals surface area contributed by atoms with Crippen LogP contribution in [0.5, 0.6) is 11.5 Å². The van der Waals surface area contributed by atoms with E-state index in [1.807, 2.05) is 32.0 Å². The summed E-state index contributed by atoms with van der Waals surface area (Å²) in [6.07, 6.45) is -0.226. The molecule has 0 aliphatic carbocycles. The van der Waals surface area contributed by atoms with E-state index in [0.717, 1.165) is 16.9 Å². The van der Waals surface area contributed by atoms with Crippen molar-refractivity contribution in [2.24, 2.45) is 0 Å². The van der Waals surface area contributed by atoms with Gasteiger partial charge in [-0.3, -0.25) is 9.59 Å². The Morgan fingerprint density at radius 2 is 1.74 bits per heavy atom. The van der Waals surface area contributed by atoms with Gasteiger partial charge in [0.2, 0.25) is 5.91 Å². The Hall–Kier alpha value is -2.82. The molecule has 2 aromatic carbocycles. The Bertz CT molecular complexity index is 707. The highest BCUT2D eigenvalue weighted by atomic mass is 16.5. The van der Waals surface area contributed by atoms with Crippen molar-refractivity contribution < 1.29 is 19.4 Å². The highest BCUT2D eigenvalue weighted by Crippen LogP contribution is 2.27. The van der Waals surface area contributed by atoms with Gasteiger partial charge in [0.25, 0.3) is 0 Å². The molecule has 23 heavy (non-hydrogen) atoms. The van der Waals surface area contributed by atoms with Gasteiger partial charge < -0.3 is 15.2 Å². The molecule has 120 valence electrons. The van der Waals surface area contributed by atoms with Crippen LogP contribution in [0, 0.1) is 13.8 Å². The monoisotopic (exact) mass is 313 g/mol. The van der Waals surface area contributed by atoms with Gasteiger partial charge in [-0.1, -0.05) is 12.1 Å². The number of hydrogen-bond acceptors (Lipinski definition) is 3. The molecule has 5 nitrogen and oxygen atoms in total. The molecule has 2 aromatic rings. The highest BCUT2D eigenvalue weighted by Gasteiger charge is 2.06. The number of anilines is 1. The number of aliphatic carboxylic acids is 1. The Labute approximate surface area is 134 Å². The van der Waals surface area contributed by atoms with Crippen LogP contribution in [0.1, 0.15) is 24.0 Å². The van der Waals surface area contributed by atoms with Crippen LogP contribution in [0.2, 0.25) is 0 Å². The van der Waals surface area contributed by atoms with Crippen LogP contribution in [0.4, 0.5) is 5.69 Å². The summed E-state index contributed by atoms with van der Waals surface area (Å²) < 4.78 is 5.84. The second-order valence-electron chi connectivity index (χ2n) is 5.34. The van der Waals surface area contributed by atoms with E-state index in [4.69, 9.17) is 9.84 Å². The van der Waals surface area contributed by atoms with Crippen molar-refractivity contribution >= 4 is 17.6 Å². The summed E-state index contributed by atoms with van der Waals surface area (Å²) in [7, 11) is 0.